The molecule has 0 aliphatic heterocycles. The molecule has 15 heavy (non-hydrogen) atoms. The minimum Gasteiger partial charge on any atom is -0.384 e. The Bertz CT molecular complexity index is 405. The average molecular weight is 202 g/mol. The lowest BCUT2D eigenvalue weighted by atomic mass is 10.2. The number of hydrogen-bond acceptors (Lipinski definition) is 4. The van der Waals surface area contributed by atoms with Gasteiger partial charge in [-0.05, 0) is 12.1 Å². The molecule has 1 aromatic carbocycles. The summed E-state index contributed by atoms with van der Waals surface area (Å²) >= 11 is 0. The van der Waals surface area contributed by atoms with Gasteiger partial charge in [0.15, 0.2) is 0 Å². The summed E-state index contributed by atoms with van der Waals surface area (Å²) in [5, 5.41) is 8.26. The van der Waals surface area contributed by atoms with Crippen molar-refractivity contribution in [2.45, 2.75) is 0 Å². The molecule has 0 unspecified atom stereocenters. The molecule has 0 heterocycles. The van der Waals surface area contributed by atoms with Crippen LogP contribution in [0.1, 0.15) is 10.4 Å². The highest BCUT2D eigenvalue weighted by molar-refractivity contribution is 5.93. The van der Waals surface area contributed by atoms with Crippen LogP contribution in [-0.2, 0) is 0 Å². The van der Waals surface area contributed by atoms with Crippen molar-refractivity contribution < 1.29 is 4.79 Å². The summed E-state index contributed by atoms with van der Waals surface area (Å²) in [7, 11) is 0. The zero-order valence-corrected chi connectivity index (χ0v) is 7.90. The lowest BCUT2D eigenvalue weighted by molar-refractivity contribution is 0.0938. The van der Waals surface area contributed by atoms with Gasteiger partial charge < -0.3 is 5.73 Å². The summed E-state index contributed by atoms with van der Waals surface area (Å²) in [5.41, 5.74) is 10.6. The average Bonchev–Trinajstić information content (AvgIpc) is 2.27. The normalized spacial score (nSPS) is 10.2. The second kappa shape index (κ2) is 5.29. The Hall–Kier alpha value is -2.48. The first-order chi connectivity index (χ1) is 7.24. The van der Waals surface area contributed by atoms with Crippen molar-refractivity contribution in [1.29, 1.82) is 5.26 Å². The van der Waals surface area contributed by atoms with Gasteiger partial charge in [-0.1, -0.05) is 18.2 Å². The highest BCUT2D eigenvalue weighted by Gasteiger charge is 2.02. The summed E-state index contributed by atoms with van der Waals surface area (Å²) in [6, 6.07) is 10.4. The maximum Gasteiger partial charge on any atom is 0.269 e. The number of carbonyl (C=O) groups is 1. The van der Waals surface area contributed by atoms with Crippen molar-refractivity contribution in [3.63, 3.8) is 0 Å². The molecule has 0 radical (unpaired) electrons. The van der Waals surface area contributed by atoms with Gasteiger partial charge in [-0.3, -0.25) is 15.6 Å². The van der Waals surface area contributed by atoms with Crippen LogP contribution >= 0.6 is 0 Å². The minimum atomic E-state index is -0.315. The Morgan fingerprint density at radius 2 is 2.00 bits per heavy atom. The molecule has 4 N–H and O–H groups in total. The number of rotatable bonds is 3. The number of hydrazine groups is 1. The predicted molar refractivity (Wildman–Crippen MR) is 54.9 cm³/mol. The van der Waals surface area contributed by atoms with Crippen LogP contribution in [0.15, 0.2) is 42.2 Å². The number of carbonyl (C=O) groups excluding carboxylic acids is 1. The highest BCUT2D eigenvalue weighted by Crippen LogP contribution is 1.96. The van der Waals surface area contributed by atoms with Gasteiger partial charge >= 0.3 is 0 Å². The van der Waals surface area contributed by atoms with E-state index < -0.39 is 0 Å². The zero-order valence-electron chi connectivity index (χ0n) is 7.90. The molecule has 0 bridgehead atoms. The molecular weight excluding hydrogens is 192 g/mol. The fraction of sp³-hybridized carbons (Fsp3) is 0. The topological polar surface area (TPSA) is 90.9 Å². The number of nitriles is 1. The number of hydrogen-bond donors (Lipinski definition) is 3. The maximum atomic E-state index is 11.4. The molecule has 1 aromatic rings. The van der Waals surface area contributed by atoms with Crippen molar-refractivity contribution in [2.75, 3.05) is 0 Å². The largest absolute Gasteiger partial charge is 0.384 e. The maximum absolute atomic E-state index is 11.4. The lowest BCUT2D eigenvalue weighted by Gasteiger charge is -2.06. The molecule has 0 atom stereocenters. The van der Waals surface area contributed by atoms with Crippen LogP contribution in [0.5, 0.6) is 0 Å². The van der Waals surface area contributed by atoms with E-state index in [4.69, 9.17) is 11.0 Å². The third-order valence-electron chi connectivity index (χ3n) is 1.58. The molecule has 0 aromatic heterocycles. The monoisotopic (exact) mass is 202 g/mol. The number of nitrogens with one attached hydrogen (secondary N) is 2. The van der Waals surface area contributed by atoms with Crippen LogP contribution < -0.4 is 16.6 Å². The van der Waals surface area contributed by atoms with E-state index in [0.29, 0.717) is 5.56 Å². The standard InChI is InChI=1S/C10H10N4O/c11-7-6-9(12)13-14-10(15)8-4-2-1-3-5-8/h1-6,13H,12H2,(H,14,15)/b9-6-. The first-order valence-electron chi connectivity index (χ1n) is 4.20. The zero-order chi connectivity index (χ0) is 11.1. The van der Waals surface area contributed by atoms with Crippen LogP contribution in [0.4, 0.5) is 0 Å². The van der Waals surface area contributed by atoms with E-state index in [0.717, 1.165) is 6.08 Å². The molecule has 0 saturated carbocycles. The summed E-state index contributed by atoms with van der Waals surface area (Å²) in [6.45, 7) is 0. The van der Waals surface area contributed by atoms with Crippen LogP contribution in [-0.4, -0.2) is 5.91 Å². The Balaban J connectivity index is 2.52. The smallest absolute Gasteiger partial charge is 0.269 e. The highest BCUT2D eigenvalue weighted by atomic mass is 16.2. The number of amides is 1. The van der Waals surface area contributed by atoms with E-state index in [2.05, 4.69) is 10.9 Å². The summed E-state index contributed by atoms with van der Waals surface area (Å²) < 4.78 is 0. The van der Waals surface area contributed by atoms with Crippen molar-refractivity contribution in [3.8, 4) is 6.07 Å². The Labute approximate surface area is 87.2 Å². The number of nitrogens with zero attached hydrogens (tertiary/aromatic N) is 1. The van der Waals surface area contributed by atoms with E-state index in [-0.39, 0.29) is 11.7 Å². The van der Waals surface area contributed by atoms with E-state index in [1.807, 2.05) is 6.07 Å². The van der Waals surface area contributed by atoms with Crippen molar-refractivity contribution in [1.82, 2.24) is 10.9 Å². The van der Waals surface area contributed by atoms with E-state index in [1.54, 1.807) is 30.3 Å². The van der Waals surface area contributed by atoms with Gasteiger partial charge in [0, 0.05) is 5.56 Å². The first kappa shape index (κ1) is 10.6. The number of allylic oxidation sites excluding steroid dienone is 1. The van der Waals surface area contributed by atoms with Gasteiger partial charge in [-0.15, -0.1) is 0 Å². The van der Waals surface area contributed by atoms with Gasteiger partial charge in [0.05, 0.1) is 12.1 Å². The van der Waals surface area contributed by atoms with Gasteiger partial charge in [-0.25, -0.2) is 0 Å². The quantitative estimate of drug-likeness (QED) is 0.484. The fourth-order valence-corrected chi connectivity index (χ4v) is 0.896. The number of benzene rings is 1. The molecule has 0 aliphatic rings. The van der Waals surface area contributed by atoms with Crippen molar-refractivity contribution >= 4 is 5.91 Å². The molecular formula is C10H10N4O. The molecule has 0 fully saturated rings. The molecule has 1 rings (SSSR count). The summed E-state index contributed by atoms with van der Waals surface area (Å²) in [4.78, 5) is 11.4. The van der Waals surface area contributed by atoms with Crippen LogP contribution in [0.25, 0.3) is 0 Å². The van der Waals surface area contributed by atoms with Gasteiger partial charge in [-0.2, -0.15) is 5.26 Å². The van der Waals surface area contributed by atoms with Crippen molar-refractivity contribution in [2.24, 2.45) is 5.73 Å². The Morgan fingerprint density at radius 1 is 1.33 bits per heavy atom. The van der Waals surface area contributed by atoms with Crippen molar-refractivity contribution in [3.05, 3.63) is 47.8 Å². The van der Waals surface area contributed by atoms with E-state index in [9.17, 15) is 4.79 Å². The molecule has 5 nitrogen and oxygen atoms in total. The molecule has 5 heteroatoms. The van der Waals surface area contributed by atoms with E-state index >= 15 is 0 Å². The summed E-state index contributed by atoms with van der Waals surface area (Å²) in [6.07, 6.45) is 1.09. The molecule has 0 saturated heterocycles. The Kier molecular flexibility index (Phi) is 3.74. The second-order valence-electron chi connectivity index (χ2n) is 2.67. The van der Waals surface area contributed by atoms with Crippen LogP contribution in [0, 0.1) is 11.3 Å². The third kappa shape index (κ3) is 3.40. The SMILES string of the molecule is N#C/C=C(/N)NNC(=O)c1ccccc1. The fourth-order valence-electron chi connectivity index (χ4n) is 0.896. The minimum absolute atomic E-state index is 0.0850. The predicted octanol–water partition coefficient (Wildman–Crippen LogP) is 0.245. The van der Waals surface area contributed by atoms with Crippen LogP contribution in [0.2, 0.25) is 0 Å². The third-order valence-corrected chi connectivity index (χ3v) is 1.58. The van der Waals surface area contributed by atoms with Gasteiger partial charge in [0.1, 0.15) is 5.82 Å². The number of nitrogens with two attached hydrogens (primary N) is 1. The Morgan fingerprint density at radius 3 is 2.60 bits per heavy atom. The second-order valence-corrected chi connectivity index (χ2v) is 2.67. The first-order valence-corrected chi connectivity index (χ1v) is 4.20. The van der Waals surface area contributed by atoms with E-state index in [1.165, 1.54) is 0 Å². The molecule has 76 valence electrons. The molecule has 0 spiro atoms. The lowest BCUT2D eigenvalue weighted by Crippen LogP contribution is -2.39. The molecule has 1 amide bonds. The van der Waals surface area contributed by atoms with Crippen LogP contribution in [0.3, 0.4) is 0 Å². The van der Waals surface area contributed by atoms with Gasteiger partial charge in [0.25, 0.3) is 5.91 Å². The van der Waals surface area contributed by atoms with Gasteiger partial charge in [0.2, 0.25) is 0 Å². The molecule has 0 aliphatic carbocycles. The summed E-state index contributed by atoms with van der Waals surface area (Å²) in [5.74, 6) is -0.230.